The smallest absolute Gasteiger partial charge is 0.325 e. The van der Waals surface area contributed by atoms with E-state index in [0.717, 1.165) is 28.0 Å². The number of para-hydroxylation sites is 1. The fourth-order valence-corrected chi connectivity index (χ4v) is 5.28. The zero-order valence-electron chi connectivity index (χ0n) is 19.6. The first-order chi connectivity index (χ1) is 18.7. The molecular weight excluding hydrogens is 533 g/mol. The maximum absolute atomic E-state index is 13.5. The highest BCUT2D eigenvalue weighted by molar-refractivity contribution is 7.15. The lowest BCUT2D eigenvalue weighted by Gasteiger charge is -2.17. The van der Waals surface area contributed by atoms with Gasteiger partial charge in [-0.05, 0) is 36.4 Å². The predicted octanol–water partition coefficient (Wildman–Crippen LogP) is 3.14. The molecule has 1 aliphatic heterocycles. The maximum Gasteiger partial charge on any atom is 0.416 e. The summed E-state index contributed by atoms with van der Waals surface area (Å²) >= 11 is 1.00. The number of aromatic nitrogens is 4. The summed E-state index contributed by atoms with van der Waals surface area (Å²) in [5.74, 6) is -0.958. The Bertz CT molecular complexity index is 1880. The Morgan fingerprint density at radius 1 is 1.00 bits per heavy atom. The van der Waals surface area contributed by atoms with Gasteiger partial charge < -0.3 is 5.32 Å². The number of nitrogens with zero attached hydrogens (tertiary/aromatic N) is 5. The van der Waals surface area contributed by atoms with E-state index in [0.29, 0.717) is 27.6 Å². The Labute approximate surface area is 220 Å². The van der Waals surface area contributed by atoms with Gasteiger partial charge in [-0.15, -0.1) is 5.10 Å². The Morgan fingerprint density at radius 3 is 2.51 bits per heavy atom. The summed E-state index contributed by atoms with van der Waals surface area (Å²) in [6.45, 7) is -0.475. The van der Waals surface area contributed by atoms with E-state index in [1.807, 2.05) is 0 Å². The molecule has 1 N–H and O–H groups in total. The van der Waals surface area contributed by atoms with Crippen molar-refractivity contribution in [2.45, 2.75) is 6.18 Å². The van der Waals surface area contributed by atoms with E-state index in [-0.39, 0.29) is 15.8 Å². The molecule has 0 saturated carbocycles. The van der Waals surface area contributed by atoms with Crippen LogP contribution in [0.5, 0.6) is 0 Å². The molecule has 0 bridgehead atoms. The molecule has 5 aromatic rings. The molecule has 6 rings (SSSR count). The number of fused-ring (bicyclic) bond motifs is 2. The Morgan fingerprint density at radius 2 is 1.77 bits per heavy atom. The lowest BCUT2D eigenvalue weighted by molar-refractivity contribution is -0.137. The van der Waals surface area contributed by atoms with Crippen molar-refractivity contribution >= 4 is 45.1 Å². The largest absolute Gasteiger partial charge is 0.416 e. The number of carbonyl (C=O) groups excluding carboxylic acids is 2. The van der Waals surface area contributed by atoms with Crippen molar-refractivity contribution in [3.05, 3.63) is 99.1 Å². The van der Waals surface area contributed by atoms with Crippen molar-refractivity contribution in [3.63, 3.8) is 0 Å². The third-order valence-corrected chi connectivity index (χ3v) is 7.05. The summed E-state index contributed by atoms with van der Waals surface area (Å²) in [5, 5.41) is 6.70. The molecule has 39 heavy (non-hydrogen) atoms. The van der Waals surface area contributed by atoms with Gasteiger partial charge in [0.05, 0.1) is 16.8 Å². The summed E-state index contributed by atoms with van der Waals surface area (Å²) in [5.41, 5.74) is 0.121. The fourth-order valence-electron chi connectivity index (χ4n) is 4.28. The first kappa shape index (κ1) is 24.4. The SMILES string of the molecule is O=C(CN1C(=O)C(=c2sc3nc(-c4ccncc4)nn3c2=O)c2ccccc21)Nc1cccc(C(F)(F)F)c1. The third kappa shape index (κ3) is 4.32. The summed E-state index contributed by atoms with van der Waals surface area (Å²) in [6.07, 6.45) is -1.41. The zero-order chi connectivity index (χ0) is 27.3. The molecule has 13 heteroatoms. The van der Waals surface area contributed by atoms with Crippen molar-refractivity contribution in [2.75, 3.05) is 16.8 Å². The van der Waals surface area contributed by atoms with E-state index in [2.05, 4.69) is 20.4 Å². The van der Waals surface area contributed by atoms with Gasteiger partial charge in [-0.2, -0.15) is 22.7 Å². The van der Waals surface area contributed by atoms with Crippen molar-refractivity contribution in [1.29, 1.82) is 0 Å². The molecule has 0 spiro atoms. The number of hydrogen-bond acceptors (Lipinski definition) is 7. The highest BCUT2D eigenvalue weighted by Crippen LogP contribution is 2.35. The van der Waals surface area contributed by atoms with Crippen LogP contribution in [0.25, 0.3) is 21.9 Å². The van der Waals surface area contributed by atoms with E-state index >= 15 is 0 Å². The normalized spacial score (nSPS) is 14.6. The van der Waals surface area contributed by atoms with E-state index in [9.17, 15) is 27.6 Å². The van der Waals surface area contributed by atoms with Gasteiger partial charge >= 0.3 is 6.18 Å². The second kappa shape index (κ2) is 9.13. The average molecular weight is 549 g/mol. The molecular formula is C26H15F3N6O3S. The second-order valence-electron chi connectivity index (χ2n) is 8.51. The molecule has 0 radical (unpaired) electrons. The molecule has 0 saturated heterocycles. The average Bonchev–Trinajstić information content (AvgIpc) is 3.55. The number of carbonyl (C=O) groups is 2. The summed E-state index contributed by atoms with van der Waals surface area (Å²) in [4.78, 5) is 49.5. The summed E-state index contributed by atoms with van der Waals surface area (Å²) in [7, 11) is 0. The molecule has 0 aliphatic carbocycles. The van der Waals surface area contributed by atoms with Gasteiger partial charge in [0.15, 0.2) is 5.82 Å². The van der Waals surface area contributed by atoms with Crippen molar-refractivity contribution in [3.8, 4) is 11.4 Å². The number of halogens is 3. The van der Waals surface area contributed by atoms with Crippen LogP contribution in [0.15, 0.2) is 77.9 Å². The topological polar surface area (TPSA) is 110 Å². The fraction of sp³-hybridized carbons (Fsp3) is 0.0769. The van der Waals surface area contributed by atoms with Gasteiger partial charge in [-0.3, -0.25) is 24.3 Å². The molecule has 0 fully saturated rings. The molecule has 1 aliphatic rings. The first-order valence-electron chi connectivity index (χ1n) is 11.4. The number of alkyl halides is 3. The number of nitrogens with one attached hydrogen (secondary N) is 1. The number of anilines is 2. The minimum absolute atomic E-state index is 0.0589. The number of amides is 2. The Balaban J connectivity index is 1.35. The van der Waals surface area contributed by atoms with E-state index in [1.165, 1.54) is 17.0 Å². The first-order valence-corrected chi connectivity index (χ1v) is 12.2. The zero-order valence-corrected chi connectivity index (χ0v) is 20.5. The molecule has 9 nitrogen and oxygen atoms in total. The standard InChI is InChI=1S/C26H15F3N6O3S/c27-26(28,29)15-4-3-5-16(12-15)31-19(36)13-34-18-7-2-1-6-17(18)20(23(34)37)21-24(38)35-25(39-21)32-22(33-35)14-8-10-30-11-9-14/h1-12H,13H2,(H,31,36). The quantitative estimate of drug-likeness (QED) is 0.370. The van der Waals surface area contributed by atoms with Gasteiger partial charge in [-0.25, -0.2) is 0 Å². The monoisotopic (exact) mass is 548 g/mol. The van der Waals surface area contributed by atoms with Crippen LogP contribution in [0.1, 0.15) is 11.1 Å². The van der Waals surface area contributed by atoms with Crippen molar-refractivity contribution < 1.29 is 22.8 Å². The van der Waals surface area contributed by atoms with Crippen LogP contribution in [0.4, 0.5) is 24.5 Å². The number of benzene rings is 2. The third-order valence-electron chi connectivity index (χ3n) is 6.02. The Hall–Kier alpha value is -4.91. The number of thiazole rings is 1. The van der Waals surface area contributed by atoms with E-state index in [4.69, 9.17) is 0 Å². The number of hydrogen-bond donors (Lipinski definition) is 1. The second-order valence-corrected chi connectivity index (χ2v) is 9.49. The molecule has 0 unspecified atom stereocenters. The van der Waals surface area contributed by atoms with Crippen LogP contribution >= 0.6 is 11.3 Å². The number of pyridine rings is 1. The van der Waals surface area contributed by atoms with Crippen LogP contribution in [0.3, 0.4) is 0 Å². The van der Waals surface area contributed by atoms with Gasteiger partial charge in [0.2, 0.25) is 10.9 Å². The molecule has 2 aromatic carbocycles. The molecule has 0 atom stereocenters. The van der Waals surface area contributed by atoms with Gasteiger partial charge in [-0.1, -0.05) is 35.6 Å². The molecule has 4 heterocycles. The summed E-state index contributed by atoms with van der Waals surface area (Å²) in [6, 6.07) is 14.3. The molecule has 194 valence electrons. The van der Waals surface area contributed by atoms with E-state index < -0.39 is 35.7 Å². The maximum atomic E-state index is 13.5. The highest BCUT2D eigenvalue weighted by atomic mass is 32.1. The van der Waals surface area contributed by atoms with Crippen LogP contribution in [0, 0.1) is 0 Å². The highest BCUT2D eigenvalue weighted by Gasteiger charge is 2.36. The lowest BCUT2D eigenvalue weighted by atomic mass is 10.1. The summed E-state index contributed by atoms with van der Waals surface area (Å²) < 4.78 is 40.4. The van der Waals surface area contributed by atoms with Crippen LogP contribution in [-0.4, -0.2) is 37.9 Å². The Kier molecular flexibility index (Phi) is 5.72. The minimum Gasteiger partial charge on any atom is -0.325 e. The van der Waals surface area contributed by atoms with Gasteiger partial charge in [0.1, 0.15) is 11.1 Å². The van der Waals surface area contributed by atoms with Gasteiger partial charge in [0.25, 0.3) is 11.5 Å². The predicted molar refractivity (Wildman–Crippen MR) is 137 cm³/mol. The molecule has 3 aromatic heterocycles. The van der Waals surface area contributed by atoms with Crippen LogP contribution < -0.4 is 20.3 Å². The lowest BCUT2D eigenvalue weighted by Crippen LogP contribution is -2.37. The van der Waals surface area contributed by atoms with E-state index in [1.54, 1.807) is 48.8 Å². The number of rotatable bonds is 4. The van der Waals surface area contributed by atoms with Crippen LogP contribution in [0.2, 0.25) is 0 Å². The van der Waals surface area contributed by atoms with Gasteiger partial charge in [0, 0.05) is 29.2 Å². The molecule has 2 amide bonds. The van der Waals surface area contributed by atoms with Crippen LogP contribution in [-0.2, 0) is 15.8 Å². The minimum atomic E-state index is -4.57. The van der Waals surface area contributed by atoms with Crippen molar-refractivity contribution in [1.82, 2.24) is 19.6 Å². The van der Waals surface area contributed by atoms with Crippen molar-refractivity contribution in [2.24, 2.45) is 0 Å².